The van der Waals surface area contributed by atoms with Crippen LogP contribution < -0.4 is 4.74 Å². The number of benzene rings is 1. The normalized spacial score (nSPS) is 10.8. The highest BCUT2D eigenvalue weighted by Crippen LogP contribution is 2.32. The molecule has 0 atom stereocenters. The fourth-order valence-electron chi connectivity index (χ4n) is 1.36. The second-order valence-electron chi connectivity index (χ2n) is 3.62. The first-order valence-corrected chi connectivity index (χ1v) is 5.20. The van der Waals surface area contributed by atoms with Crippen molar-refractivity contribution in [2.75, 3.05) is 0 Å². The van der Waals surface area contributed by atoms with Crippen molar-refractivity contribution in [1.29, 1.82) is 5.26 Å². The van der Waals surface area contributed by atoms with Gasteiger partial charge in [0.1, 0.15) is 11.8 Å². The fraction of sp³-hybridized carbons (Fsp3) is 0.0769. The molecule has 0 unspecified atom stereocenters. The molecule has 1 heterocycles. The van der Waals surface area contributed by atoms with Gasteiger partial charge in [-0.05, 0) is 24.3 Å². The number of halogens is 3. The molecule has 1 aromatic heterocycles. The van der Waals surface area contributed by atoms with Crippen LogP contribution in [0.5, 0.6) is 11.6 Å². The Morgan fingerprint density at radius 3 is 2.53 bits per heavy atom. The molecule has 0 aliphatic heterocycles. The van der Waals surface area contributed by atoms with Crippen LogP contribution in [-0.2, 0) is 6.18 Å². The molecule has 19 heavy (non-hydrogen) atoms. The quantitative estimate of drug-likeness (QED) is 0.829. The topological polar surface area (TPSA) is 45.9 Å². The lowest BCUT2D eigenvalue weighted by molar-refractivity contribution is -0.137. The summed E-state index contributed by atoms with van der Waals surface area (Å²) in [6.45, 7) is 0. The Morgan fingerprint density at radius 2 is 1.95 bits per heavy atom. The first-order chi connectivity index (χ1) is 8.99. The van der Waals surface area contributed by atoms with Crippen LogP contribution in [0.3, 0.4) is 0 Å². The van der Waals surface area contributed by atoms with Gasteiger partial charge in [0.25, 0.3) is 0 Å². The van der Waals surface area contributed by atoms with Gasteiger partial charge in [-0.15, -0.1) is 0 Å². The zero-order valence-electron chi connectivity index (χ0n) is 9.48. The molecular weight excluding hydrogens is 257 g/mol. The van der Waals surface area contributed by atoms with E-state index < -0.39 is 11.7 Å². The van der Waals surface area contributed by atoms with E-state index in [2.05, 4.69) is 4.98 Å². The summed E-state index contributed by atoms with van der Waals surface area (Å²) in [7, 11) is 0. The summed E-state index contributed by atoms with van der Waals surface area (Å²) < 4.78 is 42.7. The van der Waals surface area contributed by atoms with Crippen LogP contribution in [-0.4, -0.2) is 4.98 Å². The second kappa shape index (κ2) is 4.98. The van der Waals surface area contributed by atoms with Gasteiger partial charge >= 0.3 is 6.18 Å². The van der Waals surface area contributed by atoms with Gasteiger partial charge in [0.15, 0.2) is 0 Å². The average molecular weight is 264 g/mol. The van der Waals surface area contributed by atoms with E-state index in [9.17, 15) is 13.2 Å². The third kappa shape index (κ3) is 3.22. The number of alkyl halides is 3. The van der Waals surface area contributed by atoms with Gasteiger partial charge in [-0.1, -0.05) is 6.07 Å². The van der Waals surface area contributed by atoms with Crippen LogP contribution in [0.15, 0.2) is 42.6 Å². The Morgan fingerprint density at radius 1 is 1.16 bits per heavy atom. The number of rotatable bonds is 2. The lowest BCUT2D eigenvalue weighted by atomic mass is 10.2. The molecule has 0 amide bonds. The maximum atomic E-state index is 12.5. The Kier molecular flexibility index (Phi) is 3.38. The Labute approximate surface area is 106 Å². The number of ether oxygens (including phenoxy) is 1. The van der Waals surface area contributed by atoms with Crippen LogP contribution in [0.25, 0.3) is 0 Å². The van der Waals surface area contributed by atoms with E-state index in [1.165, 1.54) is 30.5 Å². The van der Waals surface area contributed by atoms with Crippen LogP contribution >= 0.6 is 0 Å². The summed E-state index contributed by atoms with van der Waals surface area (Å²) in [6.07, 6.45) is -3.14. The predicted octanol–water partition coefficient (Wildman–Crippen LogP) is 3.76. The van der Waals surface area contributed by atoms with Gasteiger partial charge in [0, 0.05) is 12.3 Å². The van der Waals surface area contributed by atoms with Gasteiger partial charge in [-0.3, -0.25) is 0 Å². The molecule has 2 aromatic rings. The number of hydrogen-bond acceptors (Lipinski definition) is 3. The second-order valence-corrected chi connectivity index (χ2v) is 3.62. The molecule has 0 N–H and O–H groups in total. The molecule has 3 nitrogen and oxygen atoms in total. The van der Waals surface area contributed by atoms with E-state index in [1.54, 1.807) is 0 Å². The first kappa shape index (κ1) is 12.9. The summed E-state index contributed by atoms with van der Waals surface area (Å²) >= 11 is 0. The predicted molar refractivity (Wildman–Crippen MR) is 60.5 cm³/mol. The number of pyridine rings is 1. The van der Waals surface area contributed by atoms with Gasteiger partial charge in [-0.25, -0.2) is 4.98 Å². The number of nitrogens with zero attached hydrogens (tertiary/aromatic N) is 2. The molecule has 0 saturated carbocycles. The van der Waals surface area contributed by atoms with Crippen molar-refractivity contribution in [3.63, 3.8) is 0 Å². The third-order valence-electron chi connectivity index (χ3n) is 2.25. The van der Waals surface area contributed by atoms with Crippen molar-refractivity contribution in [3.8, 4) is 17.7 Å². The zero-order valence-corrected chi connectivity index (χ0v) is 9.48. The molecule has 0 aliphatic carbocycles. The standard InChI is InChI=1S/C13H7F3N2O/c14-13(15,16)10-2-1-3-11(6-10)19-12-5-4-9(7-17)8-18-12/h1-6,8H. The average Bonchev–Trinajstić information content (AvgIpc) is 2.39. The highest BCUT2D eigenvalue weighted by molar-refractivity contribution is 5.34. The van der Waals surface area contributed by atoms with Crippen LogP contribution in [0.2, 0.25) is 0 Å². The number of hydrogen-bond donors (Lipinski definition) is 0. The van der Waals surface area contributed by atoms with Crippen molar-refractivity contribution in [1.82, 2.24) is 4.98 Å². The first-order valence-electron chi connectivity index (χ1n) is 5.20. The molecule has 1 aromatic carbocycles. The minimum atomic E-state index is -4.42. The Hall–Kier alpha value is -2.55. The smallest absolute Gasteiger partial charge is 0.416 e. The molecule has 0 fully saturated rings. The van der Waals surface area contributed by atoms with E-state index in [1.807, 2.05) is 6.07 Å². The molecule has 0 spiro atoms. The van der Waals surface area contributed by atoms with E-state index in [-0.39, 0.29) is 11.6 Å². The SMILES string of the molecule is N#Cc1ccc(Oc2cccc(C(F)(F)F)c2)nc1. The fourth-order valence-corrected chi connectivity index (χ4v) is 1.36. The molecular formula is C13H7F3N2O. The molecule has 0 saturated heterocycles. The third-order valence-corrected chi connectivity index (χ3v) is 2.25. The van der Waals surface area contributed by atoms with E-state index in [4.69, 9.17) is 10.00 Å². The van der Waals surface area contributed by atoms with E-state index in [0.29, 0.717) is 5.56 Å². The number of nitriles is 1. The van der Waals surface area contributed by atoms with Crippen LogP contribution in [0.1, 0.15) is 11.1 Å². The summed E-state index contributed by atoms with van der Waals surface area (Å²) in [5.74, 6) is 0.158. The van der Waals surface area contributed by atoms with Gasteiger partial charge < -0.3 is 4.74 Å². The Balaban J connectivity index is 2.21. The molecule has 0 bridgehead atoms. The largest absolute Gasteiger partial charge is 0.439 e. The lowest BCUT2D eigenvalue weighted by Gasteiger charge is -2.09. The zero-order chi connectivity index (χ0) is 13.9. The monoisotopic (exact) mass is 264 g/mol. The van der Waals surface area contributed by atoms with Crippen LogP contribution in [0.4, 0.5) is 13.2 Å². The Bertz CT molecular complexity index is 615. The molecule has 2 rings (SSSR count). The summed E-state index contributed by atoms with van der Waals surface area (Å²) in [4.78, 5) is 3.81. The van der Waals surface area contributed by atoms with Crippen molar-refractivity contribution in [2.24, 2.45) is 0 Å². The highest BCUT2D eigenvalue weighted by atomic mass is 19.4. The molecule has 6 heteroatoms. The summed E-state index contributed by atoms with van der Waals surface area (Å²) in [5, 5.41) is 8.59. The lowest BCUT2D eigenvalue weighted by Crippen LogP contribution is -2.04. The minimum absolute atomic E-state index is 0.0343. The van der Waals surface area contributed by atoms with Crippen LogP contribution in [0, 0.1) is 11.3 Å². The summed E-state index contributed by atoms with van der Waals surface area (Å²) in [5.41, 5.74) is -0.449. The molecule has 0 radical (unpaired) electrons. The highest BCUT2D eigenvalue weighted by Gasteiger charge is 2.30. The van der Waals surface area contributed by atoms with Crippen molar-refractivity contribution in [3.05, 3.63) is 53.7 Å². The minimum Gasteiger partial charge on any atom is -0.439 e. The van der Waals surface area contributed by atoms with Gasteiger partial charge in [-0.2, -0.15) is 18.4 Å². The molecule has 96 valence electrons. The number of aromatic nitrogens is 1. The maximum Gasteiger partial charge on any atom is 0.416 e. The van der Waals surface area contributed by atoms with E-state index in [0.717, 1.165) is 12.1 Å². The molecule has 0 aliphatic rings. The maximum absolute atomic E-state index is 12.5. The van der Waals surface area contributed by atoms with Crippen molar-refractivity contribution < 1.29 is 17.9 Å². The van der Waals surface area contributed by atoms with Crippen molar-refractivity contribution in [2.45, 2.75) is 6.18 Å². The van der Waals surface area contributed by atoms with Gasteiger partial charge in [0.2, 0.25) is 5.88 Å². The van der Waals surface area contributed by atoms with E-state index >= 15 is 0 Å². The van der Waals surface area contributed by atoms with Gasteiger partial charge in [0.05, 0.1) is 11.1 Å². The van der Waals surface area contributed by atoms with Crippen molar-refractivity contribution >= 4 is 0 Å². The summed E-state index contributed by atoms with van der Waals surface area (Å²) in [6, 6.07) is 9.26.